The molecule has 0 aliphatic heterocycles. The molecular weight excluding hydrogens is 239 g/mol. The van der Waals surface area contributed by atoms with Crippen molar-refractivity contribution >= 4 is 19.7 Å². The summed E-state index contributed by atoms with van der Waals surface area (Å²) < 4.78 is 34.8. The Bertz CT molecular complexity index is 469. The topological polar surface area (TPSA) is 34.1 Å². The predicted octanol–water partition coefficient (Wildman–Crippen LogP) is 2.55. The average Bonchev–Trinajstić information content (AvgIpc) is 2.07. The van der Waals surface area contributed by atoms with Crippen LogP contribution in [0.2, 0.25) is 0 Å². The third-order valence-electron chi connectivity index (χ3n) is 2.28. The highest BCUT2D eigenvalue weighted by Crippen LogP contribution is 2.16. The van der Waals surface area contributed by atoms with Crippen molar-refractivity contribution < 1.29 is 12.8 Å². The Labute approximate surface area is 93.5 Å². The number of hydrogen-bond donors (Lipinski definition) is 0. The Kier molecular flexibility index (Phi) is 3.73. The predicted molar refractivity (Wildman–Crippen MR) is 59.2 cm³/mol. The van der Waals surface area contributed by atoms with E-state index in [0.717, 1.165) is 11.1 Å². The molecule has 5 heteroatoms. The van der Waals surface area contributed by atoms with Gasteiger partial charge in [0.15, 0.2) is 0 Å². The number of rotatable bonds is 3. The molecule has 0 fully saturated rings. The fraction of sp³-hybridized carbons (Fsp3) is 0.400. The molecule has 0 atom stereocenters. The van der Waals surface area contributed by atoms with E-state index in [4.69, 9.17) is 10.7 Å². The summed E-state index contributed by atoms with van der Waals surface area (Å²) in [6, 6.07) is 3.07. The van der Waals surface area contributed by atoms with Crippen LogP contribution in [0.1, 0.15) is 16.7 Å². The van der Waals surface area contributed by atoms with Crippen LogP contribution in [0.3, 0.4) is 0 Å². The molecule has 2 nitrogen and oxygen atoms in total. The van der Waals surface area contributed by atoms with Crippen molar-refractivity contribution in [2.24, 2.45) is 0 Å². The van der Waals surface area contributed by atoms with Crippen molar-refractivity contribution in [3.8, 4) is 0 Å². The normalized spacial score (nSPS) is 11.7. The first-order valence-corrected chi connectivity index (χ1v) is 6.95. The van der Waals surface area contributed by atoms with Crippen molar-refractivity contribution in [2.45, 2.75) is 20.3 Å². The monoisotopic (exact) mass is 250 g/mol. The lowest BCUT2D eigenvalue weighted by molar-refractivity contribution is 0.601. The van der Waals surface area contributed by atoms with Gasteiger partial charge in [0.2, 0.25) is 9.05 Å². The summed E-state index contributed by atoms with van der Waals surface area (Å²) in [6.45, 7) is 3.66. The van der Waals surface area contributed by atoms with Gasteiger partial charge in [-0.25, -0.2) is 12.8 Å². The van der Waals surface area contributed by atoms with Crippen LogP contribution in [0.25, 0.3) is 0 Å². The highest BCUT2D eigenvalue weighted by molar-refractivity contribution is 8.13. The fourth-order valence-corrected chi connectivity index (χ4v) is 1.96. The summed E-state index contributed by atoms with van der Waals surface area (Å²) in [6.07, 6.45) is 0.110. The van der Waals surface area contributed by atoms with Gasteiger partial charge < -0.3 is 0 Å². The quantitative estimate of drug-likeness (QED) is 0.773. The SMILES string of the molecule is Cc1cc(F)c(CCS(=O)(=O)Cl)cc1C. The summed E-state index contributed by atoms with van der Waals surface area (Å²) in [5, 5.41) is 0. The third kappa shape index (κ3) is 3.80. The number of halogens is 2. The van der Waals surface area contributed by atoms with Gasteiger partial charge in [0.05, 0.1) is 5.75 Å². The third-order valence-corrected chi connectivity index (χ3v) is 3.43. The minimum atomic E-state index is -3.56. The van der Waals surface area contributed by atoms with Crippen LogP contribution in [-0.2, 0) is 15.5 Å². The second-order valence-corrected chi connectivity index (χ2v) is 6.42. The minimum absolute atomic E-state index is 0.110. The van der Waals surface area contributed by atoms with Crippen molar-refractivity contribution in [2.75, 3.05) is 5.75 Å². The van der Waals surface area contributed by atoms with Crippen LogP contribution >= 0.6 is 10.7 Å². The maximum absolute atomic E-state index is 13.4. The van der Waals surface area contributed by atoms with E-state index in [2.05, 4.69) is 0 Å². The molecule has 0 aromatic heterocycles. The van der Waals surface area contributed by atoms with E-state index in [0.29, 0.717) is 5.56 Å². The number of aryl methyl sites for hydroxylation is 3. The first-order chi connectivity index (χ1) is 6.79. The van der Waals surface area contributed by atoms with Crippen LogP contribution in [0.4, 0.5) is 4.39 Å². The molecule has 0 spiro atoms. The van der Waals surface area contributed by atoms with Crippen molar-refractivity contribution in [3.63, 3.8) is 0 Å². The van der Waals surface area contributed by atoms with Crippen LogP contribution in [0.5, 0.6) is 0 Å². The highest BCUT2D eigenvalue weighted by Gasteiger charge is 2.10. The lowest BCUT2D eigenvalue weighted by Gasteiger charge is -2.06. The Morgan fingerprint density at radius 2 is 1.80 bits per heavy atom. The summed E-state index contributed by atoms with van der Waals surface area (Å²) in [7, 11) is 1.50. The Hall–Kier alpha value is -0.610. The molecule has 1 aromatic rings. The molecule has 0 aliphatic carbocycles. The Morgan fingerprint density at radius 1 is 1.27 bits per heavy atom. The smallest absolute Gasteiger partial charge is 0.212 e. The Morgan fingerprint density at radius 3 is 2.33 bits per heavy atom. The van der Waals surface area contributed by atoms with Gasteiger partial charge in [-0.3, -0.25) is 0 Å². The summed E-state index contributed by atoms with van der Waals surface area (Å²) in [5.74, 6) is -0.619. The number of hydrogen-bond acceptors (Lipinski definition) is 2. The minimum Gasteiger partial charge on any atom is -0.212 e. The van der Waals surface area contributed by atoms with E-state index in [1.807, 2.05) is 6.92 Å². The van der Waals surface area contributed by atoms with Crippen LogP contribution in [0.15, 0.2) is 12.1 Å². The maximum Gasteiger partial charge on any atom is 0.232 e. The zero-order valence-electron chi connectivity index (χ0n) is 8.55. The molecule has 0 amide bonds. The zero-order chi connectivity index (χ0) is 11.6. The summed E-state index contributed by atoms with van der Waals surface area (Å²) in [4.78, 5) is 0. The standard InChI is InChI=1S/C10H12ClFO2S/c1-7-5-9(3-4-15(11,13)14)10(12)6-8(7)2/h5-6H,3-4H2,1-2H3. The molecule has 15 heavy (non-hydrogen) atoms. The molecule has 0 N–H and O–H groups in total. The molecule has 0 bridgehead atoms. The molecule has 0 radical (unpaired) electrons. The van der Waals surface area contributed by atoms with E-state index in [9.17, 15) is 12.8 Å². The van der Waals surface area contributed by atoms with Gasteiger partial charge in [0.25, 0.3) is 0 Å². The molecule has 0 aliphatic rings. The largest absolute Gasteiger partial charge is 0.232 e. The molecule has 0 heterocycles. The van der Waals surface area contributed by atoms with Gasteiger partial charge in [-0.05, 0) is 43.0 Å². The van der Waals surface area contributed by atoms with E-state index in [1.54, 1.807) is 13.0 Å². The van der Waals surface area contributed by atoms with Gasteiger partial charge in [-0.15, -0.1) is 0 Å². The first-order valence-electron chi connectivity index (χ1n) is 4.47. The van der Waals surface area contributed by atoms with E-state index in [1.165, 1.54) is 6.07 Å². The van der Waals surface area contributed by atoms with E-state index >= 15 is 0 Å². The summed E-state index contributed by atoms with van der Waals surface area (Å²) in [5.41, 5.74) is 2.19. The van der Waals surface area contributed by atoms with Crippen molar-refractivity contribution in [1.82, 2.24) is 0 Å². The van der Waals surface area contributed by atoms with Gasteiger partial charge in [0, 0.05) is 10.7 Å². The number of benzene rings is 1. The maximum atomic E-state index is 13.4. The lowest BCUT2D eigenvalue weighted by Crippen LogP contribution is -2.03. The second-order valence-electron chi connectivity index (χ2n) is 3.52. The van der Waals surface area contributed by atoms with Crippen LogP contribution in [-0.4, -0.2) is 14.2 Å². The van der Waals surface area contributed by atoms with E-state index < -0.39 is 9.05 Å². The van der Waals surface area contributed by atoms with Gasteiger partial charge in [-0.2, -0.15) is 0 Å². The second kappa shape index (κ2) is 4.49. The summed E-state index contributed by atoms with van der Waals surface area (Å²) >= 11 is 0. The van der Waals surface area contributed by atoms with Crippen LogP contribution < -0.4 is 0 Å². The zero-order valence-corrected chi connectivity index (χ0v) is 10.1. The Balaban J connectivity index is 2.91. The fourth-order valence-electron chi connectivity index (χ4n) is 1.26. The molecule has 84 valence electrons. The van der Waals surface area contributed by atoms with E-state index in [-0.39, 0.29) is 18.0 Å². The molecule has 1 aromatic carbocycles. The lowest BCUT2D eigenvalue weighted by atomic mass is 10.0. The van der Waals surface area contributed by atoms with Crippen LogP contribution in [0, 0.1) is 19.7 Å². The molecule has 1 rings (SSSR count). The average molecular weight is 251 g/mol. The first kappa shape index (κ1) is 12.5. The van der Waals surface area contributed by atoms with Crippen molar-refractivity contribution in [1.29, 1.82) is 0 Å². The van der Waals surface area contributed by atoms with Crippen molar-refractivity contribution in [3.05, 3.63) is 34.6 Å². The molecule has 0 unspecified atom stereocenters. The van der Waals surface area contributed by atoms with Gasteiger partial charge in [-0.1, -0.05) is 6.07 Å². The molecule has 0 saturated carbocycles. The molecular formula is C10H12ClFO2S. The van der Waals surface area contributed by atoms with Gasteiger partial charge in [0.1, 0.15) is 5.82 Å². The van der Waals surface area contributed by atoms with Gasteiger partial charge >= 0.3 is 0 Å². The highest BCUT2D eigenvalue weighted by atomic mass is 35.7. The molecule has 0 saturated heterocycles.